The second-order valence-corrected chi connectivity index (χ2v) is 5.71. The normalized spacial score (nSPS) is 16.0. The molecule has 110 valence electrons. The highest BCUT2D eigenvalue weighted by Crippen LogP contribution is 2.31. The first-order valence-corrected chi connectivity index (χ1v) is 7.53. The third kappa shape index (κ3) is 2.99. The quantitative estimate of drug-likeness (QED) is 0.916. The number of benzene rings is 1. The van der Waals surface area contributed by atoms with E-state index in [0.717, 1.165) is 18.4 Å². The van der Waals surface area contributed by atoms with Crippen LogP contribution in [0.1, 0.15) is 48.2 Å². The highest BCUT2D eigenvalue weighted by atomic mass is 16.5. The zero-order valence-corrected chi connectivity index (χ0v) is 11.9. The molecule has 0 bridgehead atoms. The third-order valence-corrected chi connectivity index (χ3v) is 4.22. The van der Waals surface area contributed by atoms with E-state index < -0.39 is 5.97 Å². The molecule has 4 heteroatoms. The molecule has 0 amide bonds. The number of hydrogen-bond donors (Lipinski definition) is 1. The van der Waals surface area contributed by atoms with Crippen LogP contribution in [0.2, 0.25) is 0 Å². The number of aromatic carboxylic acids is 1. The van der Waals surface area contributed by atoms with Gasteiger partial charge in [0.05, 0.1) is 5.69 Å². The van der Waals surface area contributed by atoms with Crippen LogP contribution in [0, 0.1) is 5.92 Å². The lowest BCUT2D eigenvalue weighted by atomic mass is 9.85. The zero-order valence-electron chi connectivity index (χ0n) is 11.9. The van der Waals surface area contributed by atoms with Gasteiger partial charge in [-0.25, -0.2) is 4.79 Å². The Bertz CT molecular complexity index is 612. The average Bonchev–Trinajstić information content (AvgIpc) is 2.93. The second kappa shape index (κ2) is 6.12. The molecule has 0 spiro atoms. The van der Waals surface area contributed by atoms with Crippen molar-refractivity contribution < 1.29 is 14.4 Å². The summed E-state index contributed by atoms with van der Waals surface area (Å²) >= 11 is 0. The van der Waals surface area contributed by atoms with Crippen LogP contribution in [0.5, 0.6) is 0 Å². The van der Waals surface area contributed by atoms with Crippen molar-refractivity contribution in [3.8, 4) is 11.3 Å². The maximum absolute atomic E-state index is 11.6. The van der Waals surface area contributed by atoms with Gasteiger partial charge in [-0.2, -0.15) is 0 Å². The Balaban J connectivity index is 1.91. The molecule has 1 aliphatic rings. The van der Waals surface area contributed by atoms with Crippen molar-refractivity contribution in [2.45, 2.75) is 38.5 Å². The van der Waals surface area contributed by atoms with Gasteiger partial charge in [-0.15, -0.1) is 0 Å². The first-order chi connectivity index (χ1) is 10.3. The molecule has 21 heavy (non-hydrogen) atoms. The lowest BCUT2D eigenvalue weighted by Gasteiger charge is -2.20. The number of carboxylic acid groups (broad SMARTS) is 1. The van der Waals surface area contributed by atoms with E-state index in [0.29, 0.717) is 23.8 Å². The number of aromatic nitrogens is 1. The van der Waals surface area contributed by atoms with Gasteiger partial charge < -0.3 is 9.63 Å². The minimum atomic E-state index is -0.957. The molecule has 1 N–H and O–H groups in total. The van der Waals surface area contributed by atoms with Crippen molar-refractivity contribution in [2.75, 3.05) is 0 Å². The summed E-state index contributed by atoms with van der Waals surface area (Å²) in [5.74, 6) is -0.0552. The Labute approximate surface area is 123 Å². The Morgan fingerprint density at radius 3 is 2.57 bits per heavy atom. The molecular weight excluding hydrogens is 266 g/mol. The first-order valence-electron chi connectivity index (χ1n) is 7.53. The Hall–Kier alpha value is -2.10. The number of carboxylic acids is 1. The average molecular weight is 285 g/mol. The van der Waals surface area contributed by atoms with Crippen LogP contribution in [-0.4, -0.2) is 16.2 Å². The van der Waals surface area contributed by atoms with Crippen LogP contribution >= 0.6 is 0 Å². The van der Waals surface area contributed by atoms with Crippen molar-refractivity contribution in [3.05, 3.63) is 41.6 Å². The number of nitrogens with zero attached hydrogens (tertiary/aromatic N) is 1. The molecule has 4 nitrogen and oxygen atoms in total. The largest absolute Gasteiger partial charge is 0.477 e. The number of hydrogen-bond acceptors (Lipinski definition) is 3. The van der Waals surface area contributed by atoms with Crippen LogP contribution in [0.25, 0.3) is 11.3 Å². The summed E-state index contributed by atoms with van der Waals surface area (Å²) in [6.45, 7) is 0. The van der Waals surface area contributed by atoms with Gasteiger partial charge in [-0.05, 0) is 12.3 Å². The van der Waals surface area contributed by atoms with E-state index in [2.05, 4.69) is 5.16 Å². The van der Waals surface area contributed by atoms with Crippen LogP contribution in [0.15, 0.2) is 34.9 Å². The van der Waals surface area contributed by atoms with Gasteiger partial charge in [0.2, 0.25) is 0 Å². The summed E-state index contributed by atoms with van der Waals surface area (Å²) in [6, 6.07) is 9.31. The molecule has 1 heterocycles. The molecule has 0 aliphatic heterocycles. The van der Waals surface area contributed by atoms with E-state index in [1.165, 1.54) is 19.3 Å². The lowest BCUT2D eigenvalue weighted by Crippen LogP contribution is -2.12. The molecule has 1 saturated carbocycles. The van der Waals surface area contributed by atoms with Crippen LogP contribution in [-0.2, 0) is 6.42 Å². The smallest absolute Gasteiger partial charge is 0.341 e. The monoisotopic (exact) mass is 285 g/mol. The van der Waals surface area contributed by atoms with Gasteiger partial charge in [0, 0.05) is 5.56 Å². The van der Waals surface area contributed by atoms with E-state index >= 15 is 0 Å². The summed E-state index contributed by atoms with van der Waals surface area (Å²) in [5, 5.41) is 13.6. The molecule has 0 atom stereocenters. The van der Waals surface area contributed by atoms with Gasteiger partial charge in [-0.3, -0.25) is 0 Å². The van der Waals surface area contributed by atoms with E-state index in [4.69, 9.17) is 4.52 Å². The maximum atomic E-state index is 11.6. The predicted octanol–water partition coefficient (Wildman–Crippen LogP) is 4.16. The van der Waals surface area contributed by atoms with Crippen molar-refractivity contribution in [3.63, 3.8) is 0 Å². The molecule has 0 radical (unpaired) electrons. The fraction of sp³-hybridized carbons (Fsp3) is 0.412. The van der Waals surface area contributed by atoms with Crippen molar-refractivity contribution >= 4 is 5.97 Å². The van der Waals surface area contributed by atoms with Crippen LogP contribution in [0.3, 0.4) is 0 Å². The predicted molar refractivity (Wildman–Crippen MR) is 79.2 cm³/mol. The van der Waals surface area contributed by atoms with Crippen LogP contribution < -0.4 is 0 Å². The Morgan fingerprint density at radius 1 is 1.19 bits per heavy atom. The van der Waals surface area contributed by atoms with E-state index in [9.17, 15) is 9.90 Å². The summed E-state index contributed by atoms with van der Waals surface area (Å²) in [5.41, 5.74) is 1.58. The van der Waals surface area contributed by atoms with E-state index in [1.807, 2.05) is 30.3 Å². The summed E-state index contributed by atoms with van der Waals surface area (Å²) in [4.78, 5) is 11.6. The highest BCUT2D eigenvalue weighted by molar-refractivity contribution is 5.95. The molecule has 2 aromatic rings. The van der Waals surface area contributed by atoms with Gasteiger partial charge in [-0.1, -0.05) is 67.6 Å². The highest BCUT2D eigenvalue weighted by Gasteiger charge is 2.26. The van der Waals surface area contributed by atoms with Crippen molar-refractivity contribution in [1.29, 1.82) is 0 Å². The maximum Gasteiger partial charge on any atom is 0.341 e. The van der Waals surface area contributed by atoms with Gasteiger partial charge >= 0.3 is 5.97 Å². The molecule has 0 saturated heterocycles. The topological polar surface area (TPSA) is 63.3 Å². The Kier molecular flexibility index (Phi) is 4.04. The fourth-order valence-corrected chi connectivity index (χ4v) is 3.13. The summed E-state index contributed by atoms with van der Waals surface area (Å²) in [7, 11) is 0. The fourth-order valence-electron chi connectivity index (χ4n) is 3.13. The number of rotatable bonds is 4. The molecule has 3 rings (SSSR count). The lowest BCUT2D eigenvalue weighted by molar-refractivity contribution is 0.0696. The molecule has 0 unspecified atom stereocenters. The second-order valence-electron chi connectivity index (χ2n) is 5.71. The number of carbonyl (C=O) groups is 1. The van der Waals surface area contributed by atoms with Crippen LogP contribution in [0.4, 0.5) is 0 Å². The van der Waals surface area contributed by atoms with Crippen molar-refractivity contribution in [1.82, 2.24) is 5.16 Å². The van der Waals surface area contributed by atoms with Gasteiger partial charge in [0.15, 0.2) is 5.76 Å². The Morgan fingerprint density at radius 2 is 1.90 bits per heavy atom. The third-order valence-electron chi connectivity index (χ3n) is 4.22. The summed E-state index contributed by atoms with van der Waals surface area (Å²) < 4.78 is 5.35. The summed E-state index contributed by atoms with van der Waals surface area (Å²) in [6.07, 6.45) is 6.78. The minimum Gasteiger partial charge on any atom is -0.477 e. The van der Waals surface area contributed by atoms with Gasteiger partial charge in [0.25, 0.3) is 0 Å². The van der Waals surface area contributed by atoms with E-state index in [1.54, 1.807) is 0 Å². The molecule has 1 aromatic heterocycles. The van der Waals surface area contributed by atoms with Crippen molar-refractivity contribution in [2.24, 2.45) is 5.92 Å². The SMILES string of the molecule is O=C(O)c1c(CC2CCCCC2)noc1-c1ccccc1. The minimum absolute atomic E-state index is 0.228. The molecular formula is C17H19NO3. The molecule has 1 fully saturated rings. The zero-order chi connectivity index (χ0) is 14.7. The molecule has 1 aliphatic carbocycles. The standard InChI is InChI=1S/C17H19NO3/c19-17(20)15-14(11-12-7-3-1-4-8-12)18-21-16(15)13-9-5-2-6-10-13/h2,5-6,9-10,12H,1,3-4,7-8,11H2,(H,19,20). The van der Waals surface area contributed by atoms with E-state index in [-0.39, 0.29) is 5.56 Å². The first kappa shape index (κ1) is 13.9. The van der Waals surface area contributed by atoms with Gasteiger partial charge in [0.1, 0.15) is 5.56 Å². The molecule has 1 aromatic carbocycles.